The Morgan fingerprint density at radius 3 is 2.85 bits per heavy atom. The Kier molecular flexibility index (Phi) is 1.69. The van der Waals surface area contributed by atoms with Crippen molar-refractivity contribution in [1.29, 1.82) is 0 Å². The van der Waals surface area contributed by atoms with Gasteiger partial charge >= 0.3 is 0 Å². The number of hydrogen-bond donors (Lipinski definition) is 1. The molecule has 0 aliphatic rings. The second-order valence-electron chi connectivity index (χ2n) is 3.10. The second kappa shape index (κ2) is 2.73. The summed E-state index contributed by atoms with van der Waals surface area (Å²) in [5.74, 6) is 0.883. The molecule has 0 aliphatic heterocycles. The van der Waals surface area contributed by atoms with Gasteiger partial charge in [-0.2, -0.15) is 5.10 Å². The van der Waals surface area contributed by atoms with E-state index in [1.54, 1.807) is 0 Å². The van der Waals surface area contributed by atoms with E-state index in [9.17, 15) is 0 Å². The van der Waals surface area contributed by atoms with E-state index < -0.39 is 0 Å². The molecule has 0 fully saturated rings. The summed E-state index contributed by atoms with van der Waals surface area (Å²) < 4.78 is 1.84. The van der Waals surface area contributed by atoms with Crippen LogP contribution in [0.4, 0.5) is 5.82 Å². The summed E-state index contributed by atoms with van der Waals surface area (Å²) in [5.41, 5.74) is 3.10. The van der Waals surface area contributed by atoms with E-state index in [4.69, 9.17) is 0 Å². The van der Waals surface area contributed by atoms with Gasteiger partial charge in [0, 0.05) is 24.4 Å². The molecule has 0 unspecified atom stereocenters. The highest BCUT2D eigenvalue weighted by atomic mass is 15.3. The molecule has 68 valence electrons. The van der Waals surface area contributed by atoms with Crippen LogP contribution >= 0.6 is 0 Å². The van der Waals surface area contributed by atoms with Gasteiger partial charge in [0.25, 0.3) is 0 Å². The highest BCUT2D eigenvalue weighted by Crippen LogP contribution is 2.12. The van der Waals surface area contributed by atoms with Gasteiger partial charge in [-0.05, 0) is 13.8 Å². The van der Waals surface area contributed by atoms with Crippen LogP contribution < -0.4 is 5.32 Å². The van der Waals surface area contributed by atoms with E-state index in [0.29, 0.717) is 0 Å². The van der Waals surface area contributed by atoms with Crippen molar-refractivity contribution < 1.29 is 0 Å². The predicted molar refractivity (Wildman–Crippen MR) is 52.0 cm³/mol. The lowest BCUT2D eigenvalue weighted by atomic mass is 10.3. The maximum absolute atomic E-state index is 4.40. The van der Waals surface area contributed by atoms with Gasteiger partial charge in [-0.25, -0.2) is 9.50 Å². The summed E-state index contributed by atoms with van der Waals surface area (Å²) in [5, 5.41) is 7.24. The molecule has 0 saturated carbocycles. The Balaban J connectivity index is 2.80. The van der Waals surface area contributed by atoms with Crippen LogP contribution in [0.2, 0.25) is 0 Å². The smallest absolute Gasteiger partial charge is 0.160 e. The number of aromatic nitrogens is 3. The number of nitrogens with one attached hydrogen (secondary N) is 1. The van der Waals surface area contributed by atoms with Crippen molar-refractivity contribution in [2.45, 2.75) is 13.8 Å². The number of aryl methyl sites for hydroxylation is 2. The first kappa shape index (κ1) is 8.04. The van der Waals surface area contributed by atoms with Gasteiger partial charge in [0.1, 0.15) is 5.82 Å². The average Bonchev–Trinajstić information content (AvgIpc) is 2.48. The molecule has 1 N–H and O–H groups in total. The molecule has 4 nitrogen and oxygen atoms in total. The van der Waals surface area contributed by atoms with E-state index in [-0.39, 0.29) is 0 Å². The van der Waals surface area contributed by atoms with Crippen LogP contribution in [0.15, 0.2) is 12.3 Å². The van der Waals surface area contributed by atoms with E-state index in [1.165, 1.54) is 0 Å². The summed E-state index contributed by atoms with van der Waals surface area (Å²) in [6, 6.07) is 1.97. The Labute approximate surface area is 76.6 Å². The first-order chi connectivity index (χ1) is 6.22. The van der Waals surface area contributed by atoms with Crippen molar-refractivity contribution in [2.24, 2.45) is 0 Å². The average molecular weight is 176 g/mol. The molecule has 0 radical (unpaired) electrons. The molecule has 0 saturated heterocycles. The molecule has 4 heteroatoms. The van der Waals surface area contributed by atoms with Crippen molar-refractivity contribution in [2.75, 3.05) is 12.4 Å². The van der Waals surface area contributed by atoms with E-state index in [1.807, 2.05) is 37.7 Å². The monoisotopic (exact) mass is 176 g/mol. The lowest BCUT2D eigenvalue weighted by Crippen LogP contribution is -2.00. The summed E-state index contributed by atoms with van der Waals surface area (Å²) >= 11 is 0. The fraction of sp³-hybridized carbons (Fsp3) is 0.333. The normalized spacial score (nSPS) is 10.7. The van der Waals surface area contributed by atoms with Crippen molar-refractivity contribution in [3.05, 3.63) is 23.5 Å². The zero-order valence-corrected chi connectivity index (χ0v) is 8.00. The molecule has 0 atom stereocenters. The van der Waals surface area contributed by atoms with Gasteiger partial charge in [0.15, 0.2) is 5.65 Å². The quantitative estimate of drug-likeness (QED) is 0.714. The van der Waals surface area contributed by atoms with Gasteiger partial charge in [-0.15, -0.1) is 0 Å². The molecule has 2 aromatic rings. The lowest BCUT2D eigenvalue weighted by molar-refractivity contribution is 0.896. The summed E-state index contributed by atoms with van der Waals surface area (Å²) in [7, 11) is 1.87. The molecule has 2 aromatic heterocycles. The standard InChI is InChI=1S/C9H12N4/c1-6-5-11-13-7(2)4-8(10-3)12-9(6)13/h4-5H,1-3H3,(H,10,12). The number of nitrogens with zero attached hydrogens (tertiary/aromatic N) is 3. The summed E-state index contributed by atoms with van der Waals surface area (Å²) in [6.07, 6.45) is 1.83. The highest BCUT2D eigenvalue weighted by Gasteiger charge is 2.04. The summed E-state index contributed by atoms with van der Waals surface area (Å²) in [4.78, 5) is 4.40. The third kappa shape index (κ3) is 1.14. The zero-order valence-electron chi connectivity index (χ0n) is 8.00. The van der Waals surface area contributed by atoms with Gasteiger partial charge in [0.05, 0.1) is 6.20 Å². The molecule has 2 heterocycles. The van der Waals surface area contributed by atoms with Crippen LogP contribution in [-0.4, -0.2) is 21.6 Å². The van der Waals surface area contributed by atoms with Crippen LogP contribution in [-0.2, 0) is 0 Å². The van der Waals surface area contributed by atoms with Gasteiger partial charge < -0.3 is 5.32 Å². The number of fused-ring (bicyclic) bond motifs is 1. The van der Waals surface area contributed by atoms with Crippen molar-refractivity contribution in [1.82, 2.24) is 14.6 Å². The maximum Gasteiger partial charge on any atom is 0.160 e. The topological polar surface area (TPSA) is 42.2 Å². The molecular weight excluding hydrogens is 164 g/mol. The minimum absolute atomic E-state index is 0.883. The van der Waals surface area contributed by atoms with Gasteiger partial charge in [0.2, 0.25) is 0 Å². The van der Waals surface area contributed by atoms with Crippen LogP contribution in [0.1, 0.15) is 11.3 Å². The zero-order chi connectivity index (χ0) is 9.42. The molecule has 0 aromatic carbocycles. The molecule has 0 amide bonds. The molecular formula is C9H12N4. The Morgan fingerprint density at radius 2 is 2.15 bits per heavy atom. The van der Waals surface area contributed by atoms with Crippen LogP contribution in [0.5, 0.6) is 0 Å². The molecule has 13 heavy (non-hydrogen) atoms. The molecule has 0 bridgehead atoms. The third-order valence-corrected chi connectivity index (χ3v) is 2.08. The van der Waals surface area contributed by atoms with Gasteiger partial charge in [-0.3, -0.25) is 0 Å². The third-order valence-electron chi connectivity index (χ3n) is 2.08. The number of anilines is 1. The Bertz CT molecular complexity index is 444. The number of rotatable bonds is 1. The largest absolute Gasteiger partial charge is 0.373 e. The van der Waals surface area contributed by atoms with E-state index >= 15 is 0 Å². The minimum atomic E-state index is 0.883. The second-order valence-corrected chi connectivity index (χ2v) is 3.10. The first-order valence-electron chi connectivity index (χ1n) is 4.22. The fourth-order valence-corrected chi connectivity index (χ4v) is 1.35. The number of hydrogen-bond acceptors (Lipinski definition) is 3. The van der Waals surface area contributed by atoms with Crippen LogP contribution in [0, 0.1) is 13.8 Å². The van der Waals surface area contributed by atoms with Crippen LogP contribution in [0.25, 0.3) is 5.65 Å². The van der Waals surface area contributed by atoms with E-state index in [2.05, 4.69) is 15.4 Å². The maximum atomic E-state index is 4.40. The Morgan fingerprint density at radius 1 is 1.38 bits per heavy atom. The first-order valence-corrected chi connectivity index (χ1v) is 4.22. The van der Waals surface area contributed by atoms with Gasteiger partial charge in [-0.1, -0.05) is 0 Å². The lowest BCUT2D eigenvalue weighted by Gasteiger charge is -2.03. The van der Waals surface area contributed by atoms with Crippen molar-refractivity contribution >= 4 is 11.5 Å². The van der Waals surface area contributed by atoms with E-state index in [0.717, 1.165) is 22.7 Å². The summed E-state index contributed by atoms with van der Waals surface area (Å²) in [6.45, 7) is 4.02. The Hall–Kier alpha value is -1.58. The highest BCUT2D eigenvalue weighted by molar-refractivity contribution is 5.52. The van der Waals surface area contributed by atoms with Crippen LogP contribution in [0.3, 0.4) is 0 Å². The molecule has 2 rings (SSSR count). The predicted octanol–water partition coefficient (Wildman–Crippen LogP) is 1.39. The SMILES string of the molecule is CNc1cc(C)n2ncc(C)c2n1. The fourth-order valence-electron chi connectivity index (χ4n) is 1.35. The molecule has 0 aliphatic carbocycles. The van der Waals surface area contributed by atoms with Crippen molar-refractivity contribution in [3.63, 3.8) is 0 Å². The molecule has 0 spiro atoms. The van der Waals surface area contributed by atoms with Crippen molar-refractivity contribution in [3.8, 4) is 0 Å². The minimum Gasteiger partial charge on any atom is -0.373 e.